The maximum absolute atomic E-state index is 13.1. The predicted octanol–water partition coefficient (Wildman–Crippen LogP) is 2.82. The van der Waals surface area contributed by atoms with E-state index in [0.717, 1.165) is 6.07 Å². The lowest BCUT2D eigenvalue weighted by Crippen LogP contribution is -2.37. The summed E-state index contributed by atoms with van der Waals surface area (Å²) in [5.41, 5.74) is 0.433. The average Bonchev–Trinajstić information content (AvgIpc) is 2.23. The van der Waals surface area contributed by atoms with Crippen molar-refractivity contribution in [1.82, 2.24) is 4.90 Å². The van der Waals surface area contributed by atoms with Gasteiger partial charge in [0.05, 0.1) is 6.54 Å². The molecule has 100 valence electrons. The summed E-state index contributed by atoms with van der Waals surface area (Å²) < 4.78 is 26.3. The Morgan fingerprint density at radius 2 is 1.72 bits per heavy atom. The molecule has 0 radical (unpaired) electrons. The van der Waals surface area contributed by atoms with Crippen LogP contribution >= 0.6 is 0 Å². The van der Waals surface area contributed by atoms with Crippen molar-refractivity contribution in [2.24, 2.45) is 0 Å². The molecule has 18 heavy (non-hydrogen) atoms. The third-order valence-electron chi connectivity index (χ3n) is 2.85. The Hall–Kier alpha value is -1.49. The van der Waals surface area contributed by atoms with E-state index in [-0.39, 0.29) is 18.6 Å². The summed E-state index contributed by atoms with van der Waals surface area (Å²) in [6, 6.07) is 2.84. The van der Waals surface area contributed by atoms with E-state index >= 15 is 0 Å². The highest BCUT2D eigenvalue weighted by Gasteiger charge is 2.22. The fraction of sp³-hybridized carbons (Fsp3) is 0.462. The number of rotatable bonds is 5. The molecule has 0 aromatic heterocycles. The maximum Gasteiger partial charge on any atom is 0.317 e. The third kappa shape index (κ3) is 3.77. The van der Waals surface area contributed by atoms with E-state index in [1.807, 2.05) is 13.8 Å². The highest BCUT2D eigenvalue weighted by Crippen LogP contribution is 2.23. The Morgan fingerprint density at radius 3 is 2.11 bits per heavy atom. The molecule has 1 aromatic carbocycles. The third-order valence-corrected chi connectivity index (χ3v) is 2.85. The van der Waals surface area contributed by atoms with Gasteiger partial charge < -0.3 is 5.11 Å². The molecule has 0 saturated heterocycles. The zero-order chi connectivity index (χ0) is 13.9. The second-order valence-corrected chi connectivity index (χ2v) is 4.54. The van der Waals surface area contributed by atoms with Gasteiger partial charge in [0.2, 0.25) is 0 Å². The zero-order valence-corrected chi connectivity index (χ0v) is 10.7. The number of carbonyl (C=O) groups is 1. The Morgan fingerprint density at radius 1 is 1.22 bits per heavy atom. The normalized spacial score (nSPS) is 13.1. The molecule has 0 fully saturated rings. The summed E-state index contributed by atoms with van der Waals surface area (Å²) >= 11 is 0. The molecular weight excluding hydrogens is 240 g/mol. The number of carboxylic acid groups (broad SMARTS) is 1. The number of aliphatic carboxylic acids is 1. The molecule has 1 atom stereocenters. The van der Waals surface area contributed by atoms with Gasteiger partial charge in [0.25, 0.3) is 0 Å². The van der Waals surface area contributed by atoms with Crippen LogP contribution in [0.15, 0.2) is 18.2 Å². The van der Waals surface area contributed by atoms with E-state index in [9.17, 15) is 13.6 Å². The van der Waals surface area contributed by atoms with Crippen molar-refractivity contribution in [3.05, 3.63) is 35.4 Å². The van der Waals surface area contributed by atoms with Gasteiger partial charge >= 0.3 is 5.97 Å². The Bertz CT molecular complexity index is 415. The number of carboxylic acids is 1. The van der Waals surface area contributed by atoms with Gasteiger partial charge in [-0.05, 0) is 38.5 Å². The maximum atomic E-state index is 13.1. The first-order valence-electron chi connectivity index (χ1n) is 5.74. The Kier molecular flexibility index (Phi) is 4.78. The van der Waals surface area contributed by atoms with E-state index in [0.29, 0.717) is 5.56 Å². The molecule has 0 heterocycles. The number of halogens is 2. The van der Waals surface area contributed by atoms with Crippen LogP contribution in [0.3, 0.4) is 0 Å². The van der Waals surface area contributed by atoms with Crippen molar-refractivity contribution in [2.75, 3.05) is 6.54 Å². The van der Waals surface area contributed by atoms with Crippen molar-refractivity contribution in [3.63, 3.8) is 0 Å². The van der Waals surface area contributed by atoms with E-state index in [1.165, 1.54) is 12.1 Å². The molecule has 5 heteroatoms. The van der Waals surface area contributed by atoms with Crippen LogP contribution in [0.25, 0.3) is 0 Å². The summed E-state index contributed by atoms with van der Waals surface area (Å²) in [5.74, 6) is -2.28. The average molecular weight is 257 g/mol. The molecule has 0 aliphatic rings. The lowest BCUT2D eigenvalue weighted by atomic mass is 10.0. The molecule has 0 aliphatic heterocycles. The quantitative estimate of drug-likeness (QED) is 0.881. The highest BCUT2D eigenvalue weighted by atomic mass is 19.1. The first-order valence-corrected chi connectivity index (χ1v) is 5.74. The number of nitrogens with zero attached hydrogens (tertiary/aromatic N) is 1. The van der Waals surface area contributed by atoms with Crippen LogP contribution in [0.5, 0.6) is 0 Å². The van der Waals surface area contributed by atoms with Crippen LogP contribution in [-0.4, -0.2) is 28.6 Å². The number of hydrogen-bond donors (Lipinski definition) is 1. The summed E-state index contributed by atoms with van der Waals surface area (Å²) in [6.45, 7) is 5.25. The van der Waals surface area contributed by atoms with Crippen molar-refractivity contribution < 1.29 is 18.7 Å². The van der Waals surface area contributed by atoms with Crippen molar-refractivity contribution in [1.29, 1.82) is 0 Å². The van der Waals surface area contributed by atoms with Gasteiger partial charge in [0.1, 0.15) is 11.6 Å². The Labute approximate surface area is 105 Å². The minimum absolute atomic E-state index is 0.0394. The molecular formula is C13H17F2NO2. The van der Waals surface area contributed by atoms with Gasteiger partial charge in [-0.3, -0.25) is 9.69 Å². The molecule has 3 nitrogen and oxygen atoms in total. The van der Waals surface area contributed by atoms with Crippen LogP contribution in [0.2, 0.25) is 0 Å². The molecule has 0 spiro atoms. The Balaban J connectivity index is 3.01. The number of benzene rings is 1. The highest BCUT2D eigenvalue weighted by molar-refractivity contribution is 5.69. The van der Waals surface area contributed by atoms with Crippen LogP contribution < -0.4 is 0 Å². The van der Waals surface area contributed by atoms with E-state index in [1.54, 1.807) is 11.8 Å². The standard InChI is InChI=1S/C13H17F2NO2/c1-8(2)16(7-13(17)18)9(3)10-4-11(14)6-12(15)5-10/h4-6,8-9H,7H2,1-3H3,(H,17,18). The van der Waals surface area contributed by atoms with Crippen LogP contribution in [-0.2, 0) is 4.79 Å². The first kappa shape index (κ1) is 14.6. The van der Waals surface area contributed by atoms with Gasteiger partial charge in [-0.1, -0.05) is 0 Å². The molecule has 1 aromatic rings. The molecule has 1 unspecified atom stereocenters. The molecule has 0 saturated carbocycles. The second-order valence-electron chi connectivity index (χ2n) is 4.54. The van der Waals surface area contributed by atoms with E-state index in [4.69, 9.17) is 5.11 Å². The lowest BCUT2D eigenvalue weighted by molar-refractivity contribution is -0.139. The number of hydrogen-bond acceptors (Lipinski definition) is 2. The van der Waals surface area contributed by atoms with Crippen LogP contribution in [0.4, 0.5) is 8.78 Å². The van der Waals surface area contributed by atoms with Crippen LogP contribution in [0, 0.1) is 11.6 Å². The van der Waals surface area contributed by atoms with Gasteiger partial charge in [0.15, 0.2) is 0 Å². The molecule has 1 rings (SSSR count). The molecule has 1 N–H and O–H groups in total. The summed E-state index contributed by atoms with van der Waals surface area (Å²) in [5, 5.41) is 8.85. The lowest BCUT2D eigenvalue weighted by Gasteiger charge is -2.31. The molecule has 0 aliphatic carbocycles. The first-order chi connectivity index (χ1) is 8.31. The topological polar surface area (TPSA) is 40.5 Å². The largest absolute Gasteiger partial charge is 0.480 e. The fourth-order valence-corrected chi connectivity index (χ4v) is 1.93. The van der Waals surface area contributed by atoms with E-state index in [2.05, 4.69) is 0 Å². The van der Waals surface area contributed by atoms with E-state index < -0.39 is 17.6 Å². The molecule has 0 bridgehead atoms. The predicted molar refractivity (Wildman–Crippen MR) is 64.3 cm³/mol. The van der Waals surface area contributed by atoms with Crippen molar-refractivity contribution in [3.8, 4) is 0 Å². The van der Waals surface area contributed by atoms with Gasteiger partial charge in [-0.2, -0.15) is 0 Å². The van der Waals surface area contributed by atoms with Crippen molar-refractivity contribution >= 4 is 5.97 Å². The van der Waals surface area contributed by atoms with Gasteiger partial charge in [-0.15, -0.1) is 0 Å². The van der Waals surface area contributed by atoms with Gasteiger partial charge in [-0.25, -0.2) is 8.78 Å². The minimum atomic E-state index is -0.965. The van der Waals surface area contributed by atoms with Crippen LogP contribution in [0.1, 0.15) is 32.4 Å². The fourth-order valence-electron chi connectivity index (χ4n) is 1.93. The monoisotopic (exact) mass is 257 g/mol. The zero-order valence-electron chi connectivity index (χ0n) is 10.7. The minimum Gasteiger partial charge on any atom is -0.480 e. The SMILES string of the molecule is CC(C)N(CC(=O)O)C(C)c1cc(F)cc(F)c1. The second kappa shape index (κ2) is 5.91. The smallest absolute Gasteiger partial charge is 0.317 e. The van der Waals surface area contributed by atoms with Gasteiger partial charge in [0, 0.05) is 18.2 Å². The molecule has 0 amide bonds. The van der Waals surface area contributed by atoms with Crippen molar-refractivity contribution in [2.45, 2.75) is 32.9 Å². The summed E-state index contributed by atoms with van der Waals surface area (Å²) in [7, 11) is 0. The summed E-state index contributed by atoms with van der Waals surface area (Å²) in [4.78, 5) is 12.5. The summed E-state index contributed by atoms with van der Waals surface area (Å²) in [6.07, 6.45) is 0.